The van der Waals surface area contributed by atoms with Crippen LogP contribution >= 0.6 is 11.5 Å². The van der Waals surface area contributed by atoms with Gasteiger partial charge in [0.1, 0.15) is 0 Å². The first kappa shape index (κ1) is 8.69. The van der Waals surface area contributed by atoms with Crippen molar-refractivity contribution < 1.29 is 9.90 Å². The van der Waals surface area contributed by atoms with E-state index in [1.165, 1.54) is 22.0 Å². The molecule has 0 saturated carbocycles. The Balaban J connectivity index is 2.20. The number of aromatic nitrogens is 1. The van der Waals surface area contributed by atoms with E-state index in [4.69, 9.17) is 5.11 Å². The molecule has 0 amide bonds. The molecule has 1 heterocycles. The summed E-state index contributed by atoms with van der Waals surface area (Å²) in [7, 11) is 0. The van der Waals surface area contributed by atoms with E-state index >= 15 is 0 Å². The molecule has 1 aromatic heterocycles. The van der Waals surface area contributed by atoms with Crippen LogP contribution in [0, 0.1) is 0 Å². The Labute approximate surface area is 80.6 Å². The van der Waals surface area contributed by atoms with Crippen molar-refractivity contribution in [2.24, 2.45) is 0 Å². The Bertz CT molecular complexity index is 321. The summed E-state index contributed by atoms with van der Waals surface area (Å²) in [5, 5.41) is 8.71. The van der Waals surface area contributed by atoms with Crippen molar-refractivity contribution in [3.63, 3.8) is 0 Å². The third-order valence-electron chi connectivity index (χ3n) is 2.47. The van der Waals surface area contributed by atoms with Crippen LogP contribution in [0.5, 0.6) is 0 Å². The van der Waals surface area contributed by atoms with Crippen LogP contribution in [-0.2, 0) is 11.2 Å². The summed E-state index contributed by atoms with van der Waals surface area (Å²) in [6.45, 7) is 0. The number of rotatable bonds is 2. The molecular weight excluding hydrogens is 186 g/mol. The minimum absolute atomic E-state index is 0.216. The van der Waals surface area contributed by atoms with E-state index < -0.39 is 5.97 Å². The molecule has 2 rings (SSSR count). The summed E-state index contributed by atoms with van der Waals surface area (Å²) in [5.41, 5.74) is 1.27. The average Bonchev–Trinajstić information content (AvgIpc) is 2.51. The quantitative estimate of drug-likeness (QED) is 0.789. The van der Waals surface area contributed by atoms with Gasteiger partial charge < -0.3 is 5.11 Å². The molecule has 0 spiro atoms. The van der Waals surface area contributed by atoms with Crippen LogP contribution in [0.1, 0.15) is 35.6 Å². The molecule has 0 aromatic carbocycles. The summed E-state index contributed by atoms with van der Waals surface area (Å²) in [4.78, 5) is 11.8. The van der Waals surface area contributed by atoms with E-state index in [-0.39, 0.29) is 12.3 Å². The van der Waals surface area contributed by atoms with Crippen LogP contribution < -0.4 is 0 Å². The van der Waals surface area contributed by atoms with E-state index in [1.54, 1.807) is 0 Å². The Kier molecular flexibility index (Phi) is 2.31. The van der Waals surface area contributed by atoms with Crippen molar-refractivity contribution in [2.75, 3.05) is 0 Å². The molecular formula is C9H11NO2S. The van der Waals surface area contributed by atoms with Crippen LogP contribution in [0.3, 0.4) is 0 Å². The fraction of sp³-hybridized carbons (Fsp3) is 0.556. The van der Waals surface area contributed by atoms with Crippen LogP contribution in [0.15, 0.2) is 6.20 Å². The van der Waals surface area contributed by atoms with E-state index in [9.17, 15) is 4.79 Å². The van der Waals surface area contributed by atoms with Gasteiger partial charge in [-0.3, -0.25) is 4.79 Å². The minimum Gasteiger partial charge on any atom is -0.481 e. The second-order valence-corrected chi connectivity index (χ2v) is 4.24. The van der Waals surface area contributed by atoms with Gasteiger partial charge in [-0.1, -0.05) is 0 Å². The van der Waals surface area contributed by atoms with Gasteiger partial charge in [0.15, 0.2) is 0 Å². The molecule has 0 fully saturated rings. The Morgan fingerprint density at radius 3 is 3.38 bits per heavy atom. The van der Waals surface area contributed by atoms with Crippen LogP contribution in [0.4, 0.5) is 0 Å². The third kappa shape index (κ3) is 1.72. The first-order chi connectivity index (χ1) is 6.27. The highest BCUT2D eigenvalue weighted by Gasteiger charge is 2.24. The number of hydrogen-bond donors (Lipinski definition) is 1. The number of fused-ring (bicyclic) bond motifs is 1. The number of aryl methyl sites for hydroxylation is 1. The zero-order valence-electron chi connectivity index (χ0n) is 7.19. The number of carbonyl (C=O) groups is 1. The van der Waals surface area contributed by atoms with Crippen molar-refractivity contribution in [3.8, 4) is 0 Å². The molecule has 1 aliphatic rings. The largest absolute Gasteiger partial charge is 0.481 e. The molecule has 13 heavy (non-hydrogen) atoms. The lowest BCUT2D eigenvalue weighted by atomic mass is 9.88. The highest BCUT2D eigenvalue weighted by Crippen LogP contribution is 2.36. The predicted octanol–water partition coefficient (Wildman–Crippen LogP) is 2.04. The smallest absolute Gasteiger partial charge is 0.303 e. The summed E-state index contributed by atoms with van der Waals surface area (Å²) in [6, 6.07) is 0. The van der Waals surface area contributed by atoms with Gasteiger partial charge >= 0.3 is 5.97 Å². The Hall–Kier alpha value is -0.900. The van der Waals surface area contributed by atoms with Crippen molar-refractivity contribution in [1.29, 1.82) is 0 Å². The fourth-order valence-corrected chi connectivity index (χ4v) is 2.78. The fourth-order valence-electron chi connectivity index (χ4n) is 1.87. The van der Waals surface area contributed by atoms with Crippen molar-refractivity contribution >= 4 is 17.5 Å². The number of carboxylic acids is 1. The maximum atomic E-state index is 10.6. The average molecular weight is 197 g/mol. The van der Waals surface area contributed by atoms with Crippen LogP contribution in [0.2, 0.25) is 0 Å². The van der Waals surface area contributed by atoms with E-state index in [1.807, 2.05) is 6.20 Å². The first-order valence-electron chi connectivity index (χ1n) is 4.42. The lowest BCUT2D eigenvalue weighted by molar-refractivity contribution is -0.137. The zero-order valence-corrected chi connectivity index (χ0v) is 8.01. The lowest BCUT2D eigenvalue weighted by Gasteiger charge is -2.19. The molecule has 0 bridgehead atoms. The van der Waals surface area contributed by atoms with Gasteiger partial charge in [-0.25, -0.2) is 4.37 Å². The Morgan fingerprint density at radius 1 is 1.77 bits per heavy atom. The number of nitrogens with zero attached hydrogens (tertiary/aromatic N) is 1. The van der Waals surface area contributed by atoms with Gasteiger partial charge in [-0.05, 0) is 36.4 Å². The van der Waals surface area contributed by atoms with Gasteiger partial charge in [0.05, 0.1) is 6.42 Å². The molecule has 4 heteroatoms. The molecule has 0 saturated heterocycles. The van der Waals surface area contributed by atoms with Crippen molar-refractivity contribution in [2.45, 2.75) is 31.6 Å². The normalized spacial score (nSPS) is 21.1. The predicted molar refractivity (Wildman–Crippen MR) is 50.0 cm³/mol. The highest BCUT2D eigenvalue weighted by molar-refractivity contribution is 7.06. The third-order valence-corrected chi connectivity index (χ3v) is 3.47. The van der Waals surface area contributed by atoms with Gasteiger partial charge in [0.25, 0.3) is 0 Å². The molecule has 1 atom stereocenters. The van der Waals surface area contributed by atoms with Gasteiger partial charge in [-0.15, -0.1) is 0 Å². The van der Waals surface area contributed by atoms with Crippen LogP contribution in [-0.4, -0.2) is 15.4 Å². The molecule has 0 aliphatic heterocycles. The summed E-state index contributed by atoms with van der Waals surface area (Å²) >= 11 is 1.46. The molecule has 3 nitrogen and oxygen atoms in total. The maximum absolute atomic E-state index is 10.6. The monoisotopic (exact) mass is 197 g/mol. The standard InChI is InChI=1S/C9H11NO2S/c11-8(12)4-6-2-1-3-7-5-10-13-9(6)7/h5-6H,1-4H2,(H,11,12). The summed E-state index contributed by atoms with van der Waals surface area (Å²) < 4.78 is 4.11. The molecule has 1 N–H and O–H groups in total. The van der Waals surface area contributed by atoms with E-state index in [0.29, 0.717) is 0 Å². The zero-order chi connectivity index (χ0) is 9.26. The molecule has 1 aliphatic carbocycles. The number of aliphatic carboxylic acids is 1. The molecule has 70 valence electrons. The molecule has 1 aromatic rings. The van der Waals surface area contributed by atoms with Gasteiger partial charge in [0, 0.05) is 17.0 Å². The first-order valence-corrected chi connectivity index (χ1v) is 5.20. The highest BCUT2D eigenvalue weighted by atomic mass is 32.1. The molecule has 0 radical (unpaired) electrons. The summed E-state index contributed by atoms with van der Waals surface area (Å²) in [5.74, 6) is -0.486. The maximum Gasteiger partial charge on any atom is 0.303 e. The van der Waals surface area contributed by atoms with E-state index in [2.05, 4.69) is 4.37 Å². The second-order valence-electron chi connectivity index (χ2n) is 3.40. The van der Waals surface area contributed by atoms with Gasteiger partial charge in [0.2, 0.25) is 0 Å². The van der Waals surface area contributed by atoms with Crippen LogP contribution in [0.25, 0.3) is 0 Å². The second kappa shape index (κ2) is 3.46. The van der Waals surface area contributed by atoms with Crippen molar-refractivity contribution in [1.82, 2.24) is 4.37 Å². The minimum atomic E-state index is -0.703. The Morgan fingerprint density at radius 2 is 2.62 bits per heavy atom. The number of carboxylic acid groups (broad SMARTS) is 1. The van der Waals surface area contributed by atoms with E-state index in [0.717, 1.165) is 19.3 Å². The van der Waals surface area contributed by atoms with Gasteiger partial charge in [-0.2, -0.15) is 0 Å². The lowest BCUT2D eigenvalue weighted by Crippen LogP contribution is -2.11. The molecule has 1 unspecified atom stereocenters. The summed E-state index contributed by atoms with van der Waals surface area (Å²) in [6.07, 6.45) is 5.32. The topological polar surface area (TPSA) is 50.2 Å². The number of hydrogen-bond acceptors (Lipinski definition) is 3. The SMILES string of the molecule is O=C(O)CC1CCCc2cnsc21. The van der Waals surface area contributed by atoms with Crippen molar-refractivity contribution in [3.05, 3.63) is 16.6 Å².